The first-order valence-electron chi connectivity index (χ1n) is 6.16. The van der Waals surface area contributed by atoms with Crippen LogP contribution in [0, 0.1) is 11.7 Å². The molecule has 1 aromatic carbocycles. The molecule has 0 aliphatic heterocycles. The SMILES string of the molecule is CC(C)COCCNC(C)c1ccccc1F. The van der Waals surface area contributed by atoms with E-state index < -0.39 is 0 Å². The second-order valence-corrected chi connectivity index (χ2v) is 4.67. The fraction of sp³-hybridized carbons (Fsp3) is 0.571. The average Bonchev–Trinajstić information content (AvgIpc) is 2.28. The van der Waals surface area contributed by atoms with Gasteiger partial charge >= 0.3 is 0 Å². The Balaban J connectivity index is 2.26. The van der Waals surface area contributed by atoms with Crippen LogP contribution in [-0.4, -0.2) is 19.8 Å². The number of ether oxygens (including phenoxy) is 1. The fourth-order valence-electron chi connectivity index (χ4n) is 1.60. The van der Waals surface area contributed by atoms with E-state index in [2.05, 4.69) is 19.2 Å². The molecule has 1 rings (SSSR count). The maximum absolute atomic E-state index is 13.4. The molecule has 0 saturated heterocycles. The average molecular weight is 239 g/mol. The first-order chi connectivity index (χ1) is 8.11. The van der Waals surface area contributed by atoms with Gasteiger partial charge in [-0.2, -0.15) is 0 Å². The first kappa shape index (κ1) is 14.1. The standard InChI is InChI=1S/C14H22FNO/c1-11(2)10-17-9-8-16-12(3)13-6-4-5-7-14(13)15/h4-7,11-12,16H,8-10H2,1-3H3. The highest BCUT2D eigenvalue weighted by atomic mass is 19.1. The van der Waals surface area contributed by atoms with E-state index in [0.717, 1.165) is 13.2 Å². The minimum Gasteiger partial charge on any atom is -0.380 e. The monoisotopic (exact) mass is 239 g/mol. The number of rotatable bonds is 7. The van der Waals surface area contributed by atoms with Crippen LogP contribution in [0.2, 0.25) is 0 Å². The first-order valence-corrected chi connectivity index (χ1v) is 6.16. The number of benzene rings is 1. The van der Waals surface area contributed by atoms with Gasteiger partial charge in [-0.1, -0.05) is 32.0 Å². The summed E-state index contributed by atoms with van der Waals surface area (Å²) in [7, 11) is 0. The Bertz CT molecular complexity index is 328. The van der Waals surface area contributed by atoms with Crippen LogP contribution in [0.3, 0.4) is 0 Å². The second-order valence-electron chi connectivity index (χ2n) is 4.67. The van der Waals surface area contributed by atoms with E-state index in [9.17, 15) is 4.39 Å². The molecule has 1 unspecified atom stereocenters. The van der Waals surface area contributed by atoms with Crippen LogP contribution in [-0.2, 0) is 4.74 Å². The number of nitrogens with one attached hydrogen (secondary N) is 1. The summed E-state index contributed by atoms with van der Waals surface area (Å²) >= 11 is 0. The lowest BCUT2D eigenvalue weighted by Crippen LogP contribution is -2.24. The van der Waals surface area contributed by atoms with E-state index >= 15 is 0 Å². The lowest BCUT2D eigenvalue weighted by atomic mass is 10.1. The van der Waals surface area contributed by atoms with Crippen LogP contribution >= 0.6 is 0 Å². The lowest BCUT2D eigenvalue weighted by Gasteiger charge is -2.15. The summed E-state index contributed by atoms with van der Waals surface area (Å²) in [6, 6.07) is 6.87. The molecule has 2 nitrogen and oxygen atoms in total. The van der Waals surface area contributed by atoms with Gasteiger partial charge < -0.3 is 10.1 Å². The van der Waals surface area contributed by atoms with Gasteiger partial charge in [-0.15, -0.1) is 0 Å². The van der Waals surface area contributed by atoms with Crippen LogP contribution in [0.5, 0.6) is 0 Å². The minimum atomic E-state index is -0.157. The van der Waals surface area contributed by atoms with Gasteiger partial charge in [0.2, 0.25) is 0 Å². The van der Waals surface area contributed by atoms with Crippen LogP contribution in [0.4, 0.5) is 4.39 Å². The lowest BCUT2D eigenvalue weighted by molar-refractivity contribution is 0.110. The van der Waals surface area contributed by atoms with Crippen molar-refractivity contribution >= 4 is 0 Å². The summed E-state index contributed by atoms with van der Waals surface area (Å²) in [5.41, 5.74) is 0.705. The van der Waals surface area contributed by atoms with Crippen LogP contribution in [0.1, 0.15) is 32.4 Å². The third kappa shape index (κ3) is 5.29. The normalized spacial score (nSPS) is 13.0. The van der Waals surface area contributed by atoms with Gasteiger partial charge in [-0.3, -0.25) is 0 Å². The number of hydrogen-bond donors (Lipinski definition) is 1. The maximum Gasteiger partial charge on any atom is 0.127 e. The number of hydrogen-bond acceptors (Lipinski definition) is 2. The topological polar surface area (TPSA) is 21.3 Å². The molecule has 0 aliphatic rings. The molecule has 0 bridgehead atoms. The Morgan fingerprint density at radius 1 is 1.24 bits per heavy atom. The van der Waals surface area contributed by atoms with Crippen molar-refractivity contribution < 1.29 is 9.13 Å². The Morgan fingerprint density at radius 3 is 2.59 bits per heavy atom. The van der Waals surface area contributed by atoms with E-state index in [1.165, 1.54) is 6.07 Å². The molecule has 17 heavy (non-hydrogen) atoms. The van der Waals surface area contributed by atoms with Crippen molar-refractivity contribution in [2.75, 3.05) is 19.8 Å². The molecule has 0 aromatic heterocycles. The van der Waals surface area contributed by atoms with Crippen molar-refractivity contribution in [1.82, 2.24) is 5.32 Å². The van der Waals surface area contributed by atoms with E-state index in [0.29, 0.717) is 18.1 Å². The van der Waals surface area contributed by atoms with Crippen LogP contribution < -0.4 is 5.32 Å². The van der Waals surface area contributed by atoms with Gasteiger partial charge in [0.25, 0.3) is 0 Å². The van der Waals surface area contributed by atoms with E-state index in [-0.39, 0.29) is 11.9 Å². The molecule has 0 saturated carbocycles. The predicted octanol–water partition coefficient (Wildman–Crippen LogP) is 3.15. The zero-order chi connectivity index (χ0) is 12.7. The zero-order valence-electron chi connectivity index (χ0n) is 10.9. The van der Waals surface area contributed by atoms with Crippen LogP contribution in [0.25, 0.3) is 0 Å². The Hall–Kier alpha value is -0.930. The molecule has 0 radical (unpaired) electrons. The van der Waals surface area contributed by atoms with Crippen molar-refractivity contribution in [2.24, 2.45) is 5.92 Å². The summed E-state index contributed by atoms with van der Waals surface area (Å²) in [6.45, 7) is 8.38. The molecule has 0 aliphatic carbocycles. The molecule has 1 aromatic rings. The van der Waals surface area contributed by atoms with E-state index in [1.807, 2.05) is 19.1 Å². The molecule has 1 atom stereocenters. The highest BCUT2D eigenvalue weighted by Gasteiger charge is 2.08. The highest BCUT2D eigenvalue weighted by molar-refractivity contribution is 5.20. The molecule has 0 fully saturated rings. The molecule has 0 heterocycles. The highest BCUT2D eigenvalue weighted by Crippen LogP contribution is 2.15. The fourth-order valence-corrected chi connectivity index (χ4v) is 1.60. The van der Waals surface area contributed by atoms with Crippen molar-refractivity contribution in [3.8, 4) is 0 Å². The van der Waals surface area contributed by atoms with Crippen molar-refractivity contribution in [2.45, 2.75) is 26.8 Å². The zero-order valence-corrected chi connectivity index (χ0v) is 10.9. The molecule has 1 N–H and O–H groups in total. The third-order valence-corrected chi connectivity index (χ3v) is 2.52. The Labute approximate surface area is 103 Å². The molecule has 0 spiro atoms. The van der Waals surface area contributed by atoms with Crippen molar-refractivity contribution in [3.05, 3.63) is 35.6 Å². The van der Waals surface area contributed by atoms with Gasteiger partial charge in [0.05, 0.1) is 6.61 Å². The summed E-state index contributed by atoms with van der Waals surface area (Å²) in [5, 5.41) is 3.25. The summed E-state index contributed by atoms with van der Waals surface area (Å²) in [5.74, 6) is 0.398. The maximum atomic E-state index is 13.4. The Morgan fingerprint density at radius 2 is 1.94 bits per heavy atom. The van der Waals surface area contributed by atoms with Crippen LogP contribution in [0.15, 0.2) is 24.3 Å². The van der Waals surface area contributed by atoms with Crippen molar-refractivity contribution in [3.63, 3.8) is 0 Å². The quantitative estimate of drug-likeness (QED) is 0.738. The van der Waals surface area contributed by atoms with Gasteiger partial charge in [-0.25, -0.2) is 4.39 Å². The molecule has 96 valence electrons. The van der Waals surface area contributed by atoms with Gasteiger partial charge in [0.1, 0.15) is 5.82 Å². The molecular formula is C14H22FNO. The molecule has 0 amide bonds. The molecular weight excluding hydrogens is 217 g/mol. The summed E-state index contributed by atoms with van der Waals surface area (Å²) in [4.78, 5) is 0. The van der Waals surface area contributed by atoms with Gasteiger partial charge in [0, 0.05) is 24.8 Å². The van der Waals surface area contributed by atoms with Gasteiger partial charge in [-0.05, 0) is 18.9 Å². The summed E-state index contributed by atoms with van der Waals surface area (Å²) in [6.07, 6.45) is 0. The third-order valence-electron chi connectivity index (χ3n) is 2.52. The largest absolute Gasteiger partial charge is 0.380 e. The molecule has 3 heteroatoms. The van der Waals surface area contributed by atoms with E-state index in [4.69, 9.17) is 4.74 Å². The number of halogens is 1. The second kappa shape index (κ2) is 7.41. The smallest absolute Gasteiger partial charge is 0.127 e. The predicted molar refractivity (Wildman–Crippen MR) is 68.5 cm³/mol. The minimum absolute atomic E-state index is 0.0128. The Kier molecular flexibility index (Phi) is 6.16. The van der Waals surface area contributed by atoms with Crippen molar-refractivity contribution in [1.29, 1.82) is 0 Å². The summed E-state index contributed by atoms with van der Waals surface area (Å²) < 4.78 is 18.9. The van der Waals surface area contributed by atoms with E-state index in [1.54, 1.807) is 6.07 Å². The van der Waals surface area contributed by atoms with Gasteiger partial charge in [0.15, 0.2) is 0 Å².